The fraction of sp³-hybridized carbons (Fsp3) is 0.421. The first kappa shape index (κ1) is 16.4. The number of anilines is 1. The number of amides is 2. The van der Waals surface area contributed by atoms with E-state index >= 15 is 0 Å². The maximum atomic E-state index is 12.9. The minimum absolute atomic E-state index is 0.123. The van der Waals surface area contributed by atoms with Crippen molar-refractivity contribution in [1.82, 2.24) is 9.78 Å². The van der Waals surface area contributed by atoms with Crippen molar-refractivity contribution < 1.29 is 9.59 Å². The zero-order chi connectivity index (χ0) is 17.6. The van der Waals surface area contributed by atoms with Crippen molar-refractivity contribution in [1.29, 1.82) is 0 Å². The molecule has 1 atom stereocenters. The van der Waals surface area contributed by atoms with Crippen molar-refractivity contribution in [3.05, 3.63) is 46.3 Å². The molecule has 3 rings (SSSR count). The highest BCUT2D eigenvalue weighted by atomic mass is 16.2. The summed E-state index contributed by atoms with van der Waals surface area (Å²) in [4.78, 5) is 26.8. The lowest BCUT2D eigenvalue weighted by atomic mass is 10.0. The number of hydrogen-bond acceptors (Lipinski definition) is 3. The van der Waals surface area contributed by atoms with Crippen molar-refractivity contribution in [2.75, 3.05) is 4.90 Å². The highest BCUT2D eigenvalue weighted by Gasteiger charge is 2.41. The highest BCUT2D eigenvalue weighted by Crippen LogP contribution is 2.33. The molecule has 0 saturated carbocycles. The number of nitrogens with zero attached hydrogens (tertiary/aromatic N) is 3. The quantitative estimate of drug-likeness (QED) is 0.815. The Labute approximate surface area is 142 Å². The first-order valence-electron chi connectivity index (χ1n) is 8.23. The lowest BCUT2D eigenvalue weighted by Gasteiger charge is -2.20. The van der Waals surface area contributed by atoms with Gasteiger partial charge in [-0.15, -0.1) is 0 Å². The maximum absolute atomic E-state index is 12.9. The molecular weight excluding hydrogens is 302 g/mol. The monoisotopic (exact) mass is 325 g/mol. The molecule has 126 valence electrons. The zero-order valence-corrected chi connectivity index (χ0v) is 14.9. The van der Waals surface area contributed by atoms with Gasteiger partial charge in [0.05, 0.1) is 23.8 Å². The number of rotatable bonds is 3. The summed E-state index contributed by atoms with van der Waals surface area (Å²) in [5, 5.41) is 4.41. The van der Waals surface area contributed by atoms with Gasteiger partial charge in [-0.3, -0.25) is 14.3 Å². The van der Waals surface area contributed by atoms with Crippen LogP contribution in [0.1, 0.15) is 34.5 Å². The third-order valence-electron chi connectivity index (χ3n) is 4.60. The van der Waals surface area contributed by atoms with Crippen molar-refractivity contribution in [2.24, 2.45) is 5.92 Å². The summed E-state index contributed by atoms with van der Waals surface area (Å²) in [7, 11) is 0. The molecule has 1 unspecified atom stereocenters. The van der Waals surface area contributed by atoms with Gasteiger partial charge in [-0.1, -0.05) is 17.7 Å². The molecule has 1 aromatic carbocycles. The molecular formula is C19H23N3O2. The molecule has 1 aliphatic heterocycles. The predicted octanol–water partition coefficient (Wildman–Crippen LogP) is 3.00. The number of benzene rings is 1. The molecule has 5 heteroatoms. The second kappa shape index (κ2) is 5.89. The molecule has 2 amide bonds. The van der Waals surface area contributed by atoms with E-state index in [-0.39, 0.29) is 24.2 Å². The summed E-state index contributed by atoms with van der Waals surface area (Å²) in [6, 6.07) is 6.00. The van der Waals surface area contributed by atoms with Gasteiger partial charge in [-0.25, -0.2) is 4.90 Å². The molecule has 1 aromatic heterocycles. The molecule has 0 spiro atoms. The fourth-order valence-electron chi connectivity index (χ4n) is 3.67. The van der Waals surface area contributed by atoms with Crippen molar-refractivity contribution in [2.45, 2.75) is 47.6 Å². The van der Waals surface area contributed by atoms with Gasteiger partial charge in [-0.05, 0) is 51.8 Å². The largest absolute Gasteiger partial charge is 0.274 e. The van der Waals surface area contributed by atoms with Gasteiger partial charge < -0.3 is 0 Å². The average molecular weight is 325 g/mol. The Balaban J connectivity index is 1.91. The minimum atomic E-state index is -0.351. The van der Waals surface area contributed by atoms with Gasteiger partial charge in [0, 0.05) is 12.1 Å². The van der Waals surface area contributed by atoms with E-state index in [1.165, 1.54) is 4.90 Å². The van der Waals surface area contributed by atoms with Crippen LogP contribution < -0.4 is 4.90 Å². The average Bonchev–Trinajstić information content (AvgIpc) is 2.91. The van der Waals surface area contributed by atoms with Crippen LogP contribution in [0.25, 0.3) is 0 Å². The Hall–Kier alpha value is -2.43. The SMILES string of the molecule is Cc1cc(C)c(N2C(=O)CC(Cn3nc(C)cc3C)C2=O)c(C)c1. The van der Waals surface area contributed by atoms with E-state index in [1.54, 1.807) is 0 Å². The third-order valence-corrected chi connectivity index (χ3v) is 4.60. The molecule has 2 heterocycles. The van der Waals surface area contributed by atoms with E-state index in [9.17, 15) is 9.59 Å². The second-order valence-corrected chi connectivity index (χ2v) is 6.82. The van der Waals surface area contributed by atoms with Crippen LogP contribution in [-0.2, 0) is 16.1 Å². The number of imide groups is 1. The Morgan fingerprint density at radius 1 is 1.04 bits per heavy atom. The molecule has 0 bridgehead atoms. The van der Waals surface area contributed by atoms with Crippen molar-refractivity contribution in [3.63, 3.8) is 0 Å². The van der Waals surface area contributed by atoms with Crippen molar-refractivity contribution in [3.8, 4) is 0 Å². The topological polar surface area (TPSA) is 55.2 Å². The van der Waals surface area contributed by atoms with E-state index in [0.717, 1.165) is 33.8 Å². The highest BCUT2D eigenvalue weighted by molar-refractivity contribution is 6.21. The van der Waals surface area contributed by atoms with Crippen LogP contribution in [0.2, 0.25) is 0 Å². The first-order chi connectivity index (χ1) is 11.3. The summed E-state index contributed by atoms with van der Waals surface area (Å²) in [6.07, 6.45) is 0.240. The first-order valence-corrected chi connectivity index (χ1v) is 8.23. The summed E-state index contributed by atoms with van der Waals surface area (Å²) in [5.74, 6) is -0.597. The molecule has 0 N–H and O–H groups in total. The summed E-state index contributed by atoms with van der Waals surface area (Å²) in [5.41, 5.74) is 5.72. The number of aromatic nitrogens is 2. The molecule has 1 saturated heterocycles. The molecule has 1 fully saturated rings. The lowest BCUT2D eigenvalue weighted by molar-refractivity contribution is -0.122. The van der Waals surface area contributed by atoms with Gasteiger partial charge in [-0.2, -0.15) is 5.10 Å². The lowest BCUT2D eigenvalue weighted by Crippen LogP contribution is -2.32. The van der Waals surface area contributed by atoms with E-state index < -0.39 is 0 Å². The summed E-state index contributed by atoms with van der Waals surface area (Å²) >= 11 is 0. The molecule has 2 aromatic rings. The van der Waals surface area contributed by atoms with E-state index in [1.807, 2.05) is 57.5 Å². The van der Waals surface area contributed by atoms with Gasteiger partial charge in [0.25, 0.3) is 0 Å². The van der Waals surface area contributed by atoms with Gasteiger partial charge >= 0.3 is 0 Å². The summed E-state index contributed by atoms with van der Waals surface area (Å²) < 4.78 is 1.82. The molecule has 0 radical (unpaired) electrons. The number of carbonyl (C=O) groups excluding carboxylic acids is 2. The maximum Gasteiger partial charge on any atom is 0.239 e. The predicted molar refractivity (Wildman–Crippen MR) is 93.0 cm³/mol. The van der Waals surface area contributed by atoms with Gasteiger partial charge in [0.2, 0.25) is 11.8 Å². The molecule has 0 aliphatic carbocycles. The Morgan fingerprint density at radius 2 is 1.67 bits per heavy atom. The van der Waals surface area contributed by atoms with Gasteiger partial charge in [0.15, 0.2) is 0 Å². The fourth-order valence-corrected chi connectivity index (χ4v) is 3.67. The van der Waals surface area contributed by atoms with Crippen molar-refractivity contribution >= 4 is 17.5 Å². The molecule has 1 aliphatic rings. The third kappa shape index (κ3) is 2.75. The minimum Gasteiger partial charge on any atom is -0.274 e. The number of aryl methyl sites for hydroxylation is 5. The van der Waals surface area contributed by atoms with Gasteiger partial charge in [0.1, 0.15) is 0 Å². The van der Waals surface area contributed by atoms with Crippen LogP contribution in [0.3, 0.4) is 0 Å². The smallest absolute Gasteiger partial charge is 0.239 e. The van der Waals surface area contributed by atoms with E-state index in [0.29, 0.717) is 6.54 Å². The van der Waals surface area contributed by atoms with Crippen LogP contribution in [0.5, 0.6) is 0 Å². The number of carbonyl (C=O) groups is 2. The second-order valence-electron chi connectivity index (χ2n) is 6.82. The summed E-state index contributed by atoms with van der Waals surface area (Å²) in [6.45, 7) is 10.3. The van der Waals surface area contributed by atoms with Crippen LogP contribution in [0.15, 0.2) is 18.2 Å². The normalized spacial score (nSPS) is 17.9. The molecule has 5 nitrogen and oxygen atoms in total. The number of hydrogen-bond donors (Lipinski definition) is 0. The Morgan fingerprint density at radius 3 is 2.21 bits per heavy atom. The van der Waals surface area contributed by atoms with Crippen LogP contribution in [0.4, 0.5) is 5.69 Å². The van der Waals surface area contributed by atoms with Crippen LogP contribution in [0, 0.1) is 40.5 Å². The standard InChI is InChI=1S/C19H23N3O2/c1-11-6-12(2)18(13(3)7-11)22-17(23)9-16(19(22)24)10-21-15(5)8-14(4)20-21/h6-8,16H,9-10H2,1-5H3. The van der Waals surface area contributed by atoms with E-state index in [2.05, 4.69) is 5.10 Å². The van der Waals surface area contributed by atoms with Crippen LogP contribution >= 0.6 is 0 Å². The Kier molecular flexibility index (Phi) is 4.03. The molecule has 24 heavy (non-hydrogen) atoms. The zero-order valence-electron chi connectivity index (χ0n) is 14.9. The van der Waals surface area contributed by atoms with E-state index in [4.69, 9.17) is 0 Å². The van der Waals surface area contributed by atoms with Crippen LogP contribution in [-0.4, -0.2) is 21.6 Å². The Bertz CT molecular complexity index is 812.